The highest BCUT2D eigenvalue weighted by Gasteiger charge is 2.25. The third-order valence-electron chi connectivity index (χ3n) is 3.65. The van der Waals surface area contributed by atoms with Crippen molar-refractivity contribution in [2.75, 3.05) is 20.0 Å². The molecular formula is C22H24N2O3S. The molecule has 1 aromatic carbocycles. The molecule has 1 amide bonds. The number of ether oxygens (including phenoxy) is 2. The lowest BCUT2D eigenvalue weighted by Crippen LogP contribution is -2.47. The lowest BCUT2D eigenvalue weighted by Gasteiger charge is -2.24. The Morgan fingerprint density at radius 1 is 1.36 bits per heavy atom. The van der Waals surface area contributed by atoms with Gasteiger partial charge in [0, 0.05) is 24.3 Å². The fourth-order valence-electron chi connectivity index (χ4n) is 2.46. The number of pyridine rings is 1. The first-order valence-electron chi connectivity index (χ1n) is 8.71. The zero-order chi connectivity index (χ0) is 20.6. The van der Waals surface area contributed by atoms with Crippen molar-refractivity contribution in [3.63, 3.8) is 0 Å². The molecule has 1 heterocycles. The van der Waals surface area contributed by atoms with Crippen molar-refractivity contribution < 1.29 is 14.3 Å². The number of fused-ring (bicyclic) bond motifs is 1. The summed E-state index contributed by atoms with van der Waals surface area (Å²) in [5.41, 5.74) is 0.289. The number of carbonyl (C=O) groups excluding carboxylic acids is 1. The molecule has 0 radical (unpaired) electrons. The highest BCUT2D eigenvalue weighted by atomic mass is 32.2. The number of amides is 1. The van der Waals surface area contributed by atoms with E-state index < -0.39 is 11.0 Å². The maximum absolute atomic E-state index is 12.6. The van der Waals surface area contributed by atoms with E-state index in [1.807, 2.05) is 38.3 Å². The van der Waals surface area contributed by atoms with Crippen molar-refractivity contribution in [3.8, 4) is 29.4 Å². The van der Waals surface area contributed by atoms with Crippen molar-refractivity contribution in [1.29, 1.82) is 0 Å². The van der Waals surface area contributed by atoms with Gasteiger partial charge in [0.05, 0.1) is 11.1 Å². The second-order valence-electron chi connectivity index (χ2n) is 6.49. The van der Waals surface area contributed by atoms with Crippen LogP contribution in [0.15, 0.2) is 30.5 Å². The highest BCUT2D eigenvalue weighted by molar-refractivity contribution is 7.99. The molecule has 6 heteroatoms. The summed E-state index contributed by atoms with van der Waals surface area (Å²) in [7, 11) is 1.58. The summed E-state index contributed by atoms with van der Waals surface area (Å²) in [6.07, 6.45) is 3.57. The number of benzene rings is 1. The first-order valence-corrected chi connectivity index (χ1v) is 10.0. The molecule has 1 aromatic heterocycles. The maximum atomic E-state index is 12.6. The fraction of sp³-hybridized carbons (Fsp3) is 0.364. The third-order valence-corrected chi connectivity index (χ3v) is 4.38. The Bertz CT molecular complexity index is 964. The average Bonchev–Trinajstić information content (AvgIpc) is 2.65. The molecule has 0 aliphatic heterocycles. The van der Waals surface area contributed by atoms with Gasteiger partial charge in [0.15, 0.2) is 0 Å². The highest BCUT2D eigenvalue weighted by Crippen LogP contribution is 2.23. The molecular weight excluding hydrogens is 372 g/mol. The van der Waals surface area contributed by atoms with Gasteiger partial charge in [-0.2, -0.15) is 0 Å². The molecule has 1 unspecified atom stereocenters. The summed E-state index contributed by atoms with van der Waals surface area (Å²) >= 11 is 1.31. The first-order chi connectivity index (χ1) is 13.4. The van der Waals surface area contributed by atoms with Gasteiger partial charge in [-0.25, -0.2) is 0 Å². The summed E-state index contributed by atoms with van der Waals surface area (Å²) in [6.45, 7) is 5.77. The van der Waals surface area contributed by atoms with Crippen LogP contribution in [0.1, 0.15) is 26.3 Å². The van der Waals surface area contributed by atoms with E-state index in [2.05, 4.69) is 34.0 Å². The topological polar surface area (TPSA) is 60.5 Å². The molecule has 0 aliphatic rings. The smallest absolute Gasteiger partial charge is 0.272 e. The number of nitrogens with zero attached hydrogens (tertiary/aromatic N) is 1. The van der Waals surface area contributed by atoms with Crippen LogP contribution in [0.3, 0.4) is 0 Å². The minimum atomic E-state index is -0.701. The largest absolute Gasteiger partial charge is 0.470 e. The SMILES string of the molecule is CC#Cc1cnc2ccc(OC(SC)C(=O)NC(C)(C)C#CCOC)cc2c1. The van der Waals surface area contributed by atoms with Crippen molar-refractivity contribution in [2.45, 2.75) is 31.7 Å². The molecule has 0 saturated heterocycles. The Balaban J connectivity index is 2.15. The zero-order valence-electron chi connectivity index (χ0n) is 16.8. The molecule has 146 valence electrons. The number of aromatic nitrogens is 1. The second kappa shape index (κ2) is 10.0. The van der Waals surface area contributed by atoms with Crippen LogP contribution in [0.4, 0.5) is 0 Å². The van der Waals surface area contributed by atoms with Gasteiger partial charge in [-0.3, -0.25) is 9.78 Å². The second-order valence-corrected chi connectivity index (χ2v) is 7.39. The lowest BCUT2D eigenvalue weighted by molar-refractivity contribution is -0.125. The Labute approximate surface area is 170 Å². The molecule has 1 N–H and O–H groups in total. The van der Waals surface area contributed by atoms with Gasteiger partial charge < -0.3 is 14.8 Å². The number of carbonyl (C=O) groups is 1. The van der Waals surface area contributed by atoms with Gasteiger partial charge in [0.1, 0.15) is 12.4 Å². The van der Waals surface area contributed by atoms with Crippen LogP contribution >= 0.6 is 11.8 Å². The molecule has 0 aliphatic carbocycles. The quantitative estimate of drug-likeness (QED) is 0.600. The number of hydrogen-bond donors (Lipinski definition) is 1. The third kappa shape index (κ3) is 6.20. The minimum Gasteiger partial charge on any atom is -0.470 e. The van der Waals surface area contributed by atoms with Gasteiger partial charge in [-0.1, -0.05) is 17.8 Å². The molecule has 0 spiro atoms. The van der Waals surface area contributed by atoms with E-state index in [4.69, 9.17) is 9.47 Å². The van der Waals surface area contributed by atoms with Crippen LogP contribution in [0.2, 0.25) is 0 Å². The molecule has 0 bridgehead atoms. The molecule has 2 aromatic rings. The Hall–Kier alpha value is -2.67. The van der Waals surface area contributed by atoms with Crippen LogP contribution in [0.5, 0.6) is 5.75 Å². The first kappa shape index (κ1) is 21.6. The lowest BCUT2D eigenvalue weighted by atomic mass is 10.1. The van der Waals surface area contributed by atoms with Gasteiger partial charge in [0.2, 0.25) is 5.44 Å². The monoisotopic (exact) mass is 396 g/mol. The van der Waals surface area contributed by atoms with Gasteiger partial charge in [-0.15, -0.1) is 17.7 Å². The summed E-state index contributed by atoms with van der Waals surface area (Å²) in [5, 5.41) is 3.81. The van der Waals surface area contributed by atoms with Crippen molar-refractivity contribution in [2.24, 2.45) is 0 Å². The van der Waals surface area contributed by atoms with Crippen molar-refractivity contribution >= 4 is 28.6 Å². The van der Waals surface area contributed by atoms with E-state index in [9.17, 15) is 4.79 Å². The maximum Gasteiger partial charge on any atom is 0.272 e. The van der Waals surface area contributed by atoms with Gasteiger partial charge in [0.25, 0.3) is 5.91 Å². The normalized spacial score (nSPS) is 11.6. The van der Waals surface area contributed by atoms with Crippen molar-refractivity contribution in [3.05, 3.63) is 36.0 Å². The van der Waals surface area contributed by atoms with E-state index in [-0.39, 0.29) is 5.91 Å². The molecule has 5 nitrogen and oxygen atoms in total. The Kier molecular flexibility index (Phi) is 7.75. The van der Waals surface area contributed by atoms with E-state index in [1.54, 1.807) is 26.3 Å². The summed E-state index contributed by atoms with van der Waals surface area (Å²) in [5.74, 6) is 12.1. The van der Waals surface area contributed by atoms with E-state index >= 15 is 0 Å². The Morgan fingerprint density at radius 3 is 2.82 bits per heavy atom. The number of rotatable bonds is 6. The van der Waals surface area contributed by atoms with Gasteiger partial charge in [-0.05, 0) is 51.3 Å². The number of hydrogen-bond acceptors (Lipinski definition) is 5. The minimum absolute atomic E-state index is 0.243. The Morgan fingerprint density at radius 2 is 2.14 bits per heavy atom. The predicted octanol–water partition coefficient (Wildman–Crippen LogP) is 3.22. The predicted molar refractivity (Wildman–Crippen MR) is 114 cm³/mol. The van der Waals surface area contributed by atoms with E-state index in [0.717, 1.165) is 16.5 Å². The van der Waals surface area contributed by atoms with E-state index in [1.165, 1.54) is 11.8 Å². The van der Waals surface area contributed by atoms with E-state index in [0.29, 0.717) is 12.4 Å². The van der Waals surface area contributed by atoms with Crippen molar-refractivity contribution in [1.82, 2.24) is 10.3 Å². The van der Waals surface area contributed by atoms with Crippen LogP contribution in [0, 0.1) is 23.7 Å². The number of nitrogens with one attached hydrogen (secondary N) is 1. The van der Waals surface area contributed by atoms with Gasteiger partial charge >= 0.3 is 0 Å². The molecule has 28 heavy (non-hydrogen) atoms. The fourth-order valence-corrected chi connectivity index (χ4v) is 2.94. The summed E-state index contributed by atoms with van der Waals surface area (Å²) < 4.78 is 10.8. The number of methoxy groups -OCH3 is 1. The summed E-state index contributed by atoms with van der Waals surface area (Å²) in [6, 6.07) is 7.49. The van der Waals surface area contributed by atoms with Crippen LogP contribution < -0.4 is 10.1 Å². The molecule has 0 saturated carbocycles. The summed E-state index contributed by atoms with van der Waals surface area (Å²) in [4.78, 5) is 17.0. The standard InChI is InChI=1S/C22H24N2O3S/c1-6-8-16-13-17-14-18(9-10-19(17)23-15-16)27-21(28-5)20(25)24-22(2,3)11-7-12-26-4/h9-10,13-15,21H,12H2,1-5H3,(H,24,25). The zero-order valence-corrected chi connectivity index (χ0v) is 17.6. The van der Waals surface area contributed by atoms with Crippen LogP contribution in [-0.4, -0.2) is 41.8 Å². The van der Waals surface area contributed by atoms with Crippen LogP contribution in [-0.2, 0) is 9.53 Å². The molecule has 0 fully saturated rings. The molecule has 2 rings (SSSR count). The average molecular weight is 397 g/mol. The van der Waals surface area contributed by atoms with Crippen LogP contribution in [0.25, 0.3) is 10.9 Å². The molecule has 1 atom stereocenters. The number of thioether (sulfide) groups is 1.